The van der Waals surface area contributed by atoms with E-state index in [4.69, 9.17) is 12.2 Å². The molecular weight excluding hydrogens is 442 g/mol. The van der Waals surface area contributed by atoms with E-state index in [1.165, 1.54) is 0 Å². The molecule has 1 aromatic carbocycles. The maximum absolute atomic E-state index is 11.7. The highest BCUT2D eigenvalue weighted by Gasteiger charge is 2.41. The second-order valence-corrected chi connectivity index (χ2v) is 10.5. The number of hydrogen-bond acceptors (Lipinski definition) is 4. The summed E-state index contributed by atoms with van der Waals surface area (Å²) in [5.74, 6) is 0. The zero-order chi connectivity index (χ0) is 23.0. The minimum atomic E-state index is -3.36. The Morgan fingerprint density at radius 1 is 1.19 bits per heavy atom. The smallest absolute Gasteiger partial charge is 0.229 e. The average molecular weight is 470 g/mol. The molecule has 7 nitrogen and oxygen atoms in total. The molecule has 0 bridgehead atoms. The lowest BCUT2D eigenvalue weighted by atomic mass is 9.98. The maximum atomic E-state index is 11.7. The van der Waals surface area contributed by atoms with Crippen LogP contribution in [0.2, 0.25) is 0 Å². The Balaban J connectivity index is 1.78. The van der Waals surface area contributed by atoms with Crippen LogP contribution in [0.4, 0.5) is 11.4 Å². The molecule has 2 atom stereocenters. The molecule has 0 aliphatic carbocycles. The zero-order valence-electron chi connectivity index (χ0n) is 18.5. The van der Waals surface area contributed by atoms with Crippen molar-refractivity contribution in [1.29, 1.82) is 0 Å². The van der Waals surface area contributed by atoms with E-state index in [2.05, 4.69) is 56.8 Å². The zero-order valence-corrected chi connectivity index (χ0v) is 20.1. The molecule has 0 unspecified atom stereocenters. The molecule has 0 amide bonds. The molecule has 2 N–H and O–H groups in total. The third-order valence-electron chi connectivity index (χ3n) is 5.56. The molecule has 0 saturated carbocycles. The highest BCUT2D eigenvalue weighted by Crippen LogP contribution is 2.42. The Kier molecular flexibility index (Phi) is 5.96. The number of aromatic nitrogens is 2. The first-order valence-electron chi connectivity index (χ1n) is 10.4. The second-order valence-electron chi connectivity index (χ2n) is 8.36. The Hall–Kier alpha value is -2.91. The third-order valence-corrected chi connectivity index (χ3v) is 6.46. The summed E-state index contributed by atoms with van der Waals surface area (Å²) in [6.45, 7) is 6.17. The molecule has 1 aliphatic heterocycles. The maximum Gasteiger partial charge on any atom is 0.229 e. The van der Waals surface area contributed by atoms with Crippen molar-refractivity contribution in [3.05, 3.63) is 77.9 Å². The molecule has 4 rings (SSSR count). The van der Waals surface area contributed by atoms with Gasteiger partial charge in [-0.15, -0.1) is 0 Å². The van der Waals surface area contributed by atoms with Crippen LogP contribution in [-0.2, 0) is 10.0 Å². The first-order valence-corrected chi connectivity index (χ1v) is 12.7. The molecule has 1 fully saturated rings. The van der Waals surface area contributed by atoms with Crippen LogP contribution >= 0.6 is 12.2 Å². The van der Waals surface area contributed by atoms with Crippen molar-refractivity contribution in [2.24, 2.45) is 0 Å². The minimum absolute atomic E-state index is 0.106. The fourth-order valence-electron chi connectivity index (χ4n) is 4.01. The number of rotatable bonds is 6. The Morgan fingerprint density at radius 3 is 2.56 bits per heavy atom. The second kappa shape index (κ2) is 8.55. The molecule has 1 saturated heterocycles. The van der Waals surface area contributed by atoms with Gasteiger partial charge in [0.25, 0.3) is 0 Å². The van der Waals surface area contributed by atoms with E-state index in [-0.39, 0.29) is 12.1 Å². The summed E-state index contributed by atoms with van der Waals surface area (Å²) in [4.78, 5) is 6.67. The Bertz CT molecular complexity index is 1240. The van der Waals surface area contributed by atoms with Gasteiger partial charge in [0.05, 0.1) is 29.7 Å². The van der Waals surface area contributed by atoms with E-state index in [0.29, 0.717) is 16.8 Å². The summed E-state index contributed by atoms with van der Waals surface area (Å²) in [6.07, 6.45) is 7.17. The number of thiocarbonyl (C=S) groups is 1. The van der Waals surface area contributed by atoms with Gasteiger partial charge in [0, 0.05) is 30.3 Å². The molecule has 0 spiro atoms. The van der Waals surface area contributed by atoms with E-state index in [9.17, 15) is 8.42 Å². The van der Waals surface area contributed by atoms with Gasteiger partial charge in [0.1, 0.15) is 0 Å². The van der Waals surface area contributed by atoms with Gasteiger partial charge in [0.15, 0.2) is 5.11 Å². The normalized spacial score (nSPS) is 18.8. The number of hydrogen-bond donors (Lipinski definition) is 2. The lowest BCUT2D eigenvalue weighted by molar-refractivity contribution is 0.560. The highest BCUT2D eigenvalue weighted by molar-refractivity contribution is 7.92. The van der Waals surface area contributed by atoms with Gasteiger partial charge in [-0.1, -0.05) is 6.07 Å². The van der Waals surface area contributed by atoms with Crippen LogP contribution in [0.25, 0.3) is 0 Å². The van der Waals surface area contributed by atoms with Gasteiger partial charge in [-0.2, -0.15) is 0 Å². The molecule has 1 aliphatic rings. The number of nitrogens with zero attached hydrogens (tertiary/aromatic N) is 3. The van der Waals surface area contributed by atoms with Gasteiger partial charge in [0.2, 0.25) is 10.0 Å². The molecule has 0 radical (unpaired) electrons. The van der Waals surface area contributed by atoms with Crippen LogP contribution in [0.15, 0.2) is 61.1 Å². The number of pyridine rings is 1. The van der Waals surface area contributed by atoms with Gasteiger partial charge in [-0.3, -0.25) is 9.71 Å². The van der Waals surface area contributed by atoms with Crippen LogP contribution in [0, 0.1) is 6.92 Å². The summed E-state index contributed by atoms with van der Waals surface area (Å²) in [6, 6.07) is 13.7. The van der Waals surface area contributed by atoms with Gasteiger partial charge in [-0.05, 0) is 80.5 Å². The molecule has 9 heteroatoms. The lowest BCUT2D eigenvalue weighted by Crippen LogP contribution is -2.29. The number of anilines is 2. The lowest BCUT2D eigenvalue weighted by Gasteiger charge is -2.28. The highest BCUT2D eigenvalue weighted by atomic mass is 32.2. The van der Waals surface area contributed by atoms with E-state index in [1.54, 1.807) is 12.3 Å². The number of nitrogens with one attached hydrogen (secondary N) is 2. The van der Waals surface area contributed by atoms with Crippen LogP contribution in [-0.4, -0.2) is 29.3 Å². The van der Waals surface area contributed by atoms with Crippen LogP contribution < -0.4 is 14.9 Å². The minimum Gasteiger partial charge on any atom is -0.351 e. The standard InChI is InChI=1S/C23H27N5O2S2/c1-15(2)27-12-10-17(14-27)22-21(20-7-5-6-11-24-20)25-23(31)28(22)18-8-9-19(16(3)13-18)26-32(4,29)30/h5-15,21-22,26H,1-4H3,(H,25,31)/t21-,22-/m1/s1. The summed E-state index contributed by atoms with van der Waals surface area (Å²) < 4.78 is 28.1. The van der Waals surface area contributed by atoms with E-state index < -0.39 is 10.0 Å². The monoisotopic (exact) mass is 469 g/mol. The van der Waals surface area contributed by atoms with Crippen molar-refractivity contribution in [2.45, 2.75) is 38.9 Å². The first kappa shape index (κ1) is 22.3. The fourth-order valence-corrected chi connectivity index (χ4v) is 4.98. The molecule has 3 aromatic rings. The van der Waals surface area contributed by atoms with Crippen LogP contribution in [0.3, 0.4) is 0 Å². The molecule has 168 valence electrons. The SMILES string of the molecule is Cc1cc(N2C(=S)N[C@H](c3ccccn3)[C@H]2c2ccn(C(C)C)c2)ccc1NS(C)(=O)=O. The fraction of sp³-hybridized carbons (Fsp3) is 0.304. The predicted molar refractivity (Wildman–Crippen MR) is 132 cm³/mol. The van der Waals surface area contributed by atoms with Crippen molar-refractivity contribution >= 4 is 38.7 Å². The molecule has 32 heavy (non-hydrogen) atoms. The van der Waals surface area contributed by atoms with Crippen LogP contribution in [0.5, 0.6) is 0 Å². The van der Waals surface area contributed by atoms with Gasteiger partial charge in [-0.25, -0.2) is 8.42 Å². The van der Waals surface area contributed by atoms with Gasteiger partial charge >= 0.3 is 0 Å². The molecular formula is C23H27N5O2S2. The van der Waals surface area contributed by atoms with Gasteiger partial charge < -0.3 is 14.8 Å². The Morgan fingerprint density at radius 2 is 1.97 bits per heavy atom. The topological polar surface area (TPSA) is 79.3 Å². The van der Waals surface area contributed by atoms with E-state index >= 15 is 0 Å². The summed E-state index contributed by atoms with van der Waals surface area (Å²) >= 11 is 5.77. The predicted octanol–water partition coefficient (Wildman–Crippen LogP) is 4.32. The summed E-state index contributed by atoms with van der Waals surface area (Å²) in [7, 11) is -3.36. The quantitative estimate of drug-likeness (QED) is 0.524. The largest absolute Gasteiger partial charge is 0.351 e. The van der Waals surface area contributed by atoms with Crippen LogP contribution in [0.1, 0.15) is 48.8 Å². The van der Waals surface area contributed by atoms with Crippen molar-refractivity contribution in [3.63, 3.8) is 0 Å². The van der Waals surface area contributed by atoms with E-state index in [0.717, 1.165) is 28.8 Å². The number of benzene rings is 1. The average Bonchev–Trinajstić information content (AvgIpc) is 3.34. The Labute approximate surface area is 194 Å². The number of sulfonamides is 1. The molecule has 3 heterocycles. The van der Waals surface area contributed by atoms with Crippen molar-refractivity contribution < 1.29 is 8.42 Å². The first-order chi connectivity index (χ1) is 15.1. The summed E-state index contributed by atoms with van der Waals surface area (Å²) in [5.41, 5.74) is 4.29. The van der Waals surface area contributed by atoms with Crippen molar-refractivity contribution in [3.8, 4) is 0 Å². The summed E-state index contributed by atoms with van der Waals surface area (Å²) in [5, 5.41) is 4.06. The van der Waals surface area contributed by atoms with Crippen molar-refractivity contribution in [2.75, 3.05) is 15.9 Å². The number of aryl methyl sites for hydroxylation is 1. The third kappa shape index (κ3) is 4.49. The van der Waals surface area contributed by atoms with Crippen molar-refractivity contribution in [1.82, 2.24) is 14.9 Å². The molecule has 2 aromatic heterocycles. The van der Waals surface area contributed by atoms with E-state index in [1.807, 2.05) is 37.3 Å².